The average Bonchev–Trinajstić information content (AvgIpc) is 2.78. The van der Waals surface area contributed by atoms with Crippen LogP contribution in [0.15, 0.2) is 33.5 Å². The van der Waals surface area contributed by atoms with Gasteiger partial charge in [-0.3, -0.25) is 4.79 Å². The maximum absolute atomic E-state index is 13.0. The number of ether oxygens (including phenoxy) is 3. The summed E-state index contributed by atoms with van der Waals surface area (Å²) in [5.41, 5.74) is 0.646. The highest BCUT2D eigenvalue weighted by atomic mass is 16.5. The molecule has 3 aromatic rings. The maximum Gasteiger partial charge on any atom is 0.238 e. The van der Waals surface area contributed by atoms with Crippen molar-refractivity contribution in [3.8, 4) is 40.1 Å². The van der Waals surface area contributed by atoms with Crippen LogP contribution in [0.5, 0.6) is 28.7 Å². The number of phenolic OH excluding ortho intramolecular Hbond substituents is 1. The van der Waals surface area contributed by atoms with Gasteiger partial charge in [-0.1, -0.05) is 6.92 Å². The van der Waals surface area contributed by atoms with Gasteiger partial charge in [0.15, 0.2) is 17.3 Å². The van der Waals surface area contributed by atoms with Crippen molar-refractivity contribution >= 4 is 11.0 Å². The summed E-state index contributed by atoms with van der Waals surface area (Å²) in [6.07, 6.45) is 1.36. The fraction of sp³-hybridized carbons (Fsp3) is 0.348. The summed E-state index contributed by atoms with van der Waals surface area (Å²) in [5.74, 6) is -0.172. The first-order valence-electron chi connectivity index (χ1n) is 9.78. The Morgan fingerprint density at radius 2 is 1.74 bits per heavy atom. The van der Waals surface area contributed by atoms with Crippen molar-refractivity contribution in [2.45, 2.75) is 19.8 Å². The third-order valence-corrected chi connectivity index (χ3v) is 5.22. The Morgan fingerprint density at radius 1 is 1.03 bits per heavy atom. The van der Waals surface area contributed by atoms with Crippen LogP contribution in [0.25, 0.3) is 22.3 Å². The summed E-state index contributed by atoms with van der Waals surface area (Å²) >= 11 is 0. The Hall–Kier alpha value is -3.39. The van der Waals surface area contributed by atoms with E-state index >= 15 is 0 Å². The maximum atomic E-state index is 13.0. The van der Waals surface area contributed by atoms with Crippen LogP contribution in [0.2, 0.25) is 0 Å². The number of phenols is 1. The normalized spacial score (nSPS) is 12.0. The van der Waals surface area contributed by atoms with Gasteiger partial charge in [-0.05, 0) is 42.5 Å². The molecule has 0 aliphatic heterocycles. The Morgan fingerprint density at radius 3 is 2.35 bits per heavy atom. The standard InChI is InChI=1S/C23H26O8/c1-12(11-24)5-6-13-9-14(7-8-16(13)28-2)21-20(27)19(26)18-17(31-21)10-15(25)22(29-3)23(18)30-4/h7-10,12,24-25,27H,5-6,11H2,1-4H3/t12-/m0/s1. The molecule has 0 unspecified atom stereocenters. The van der Waals surface area contributed by atoms with Gasteiger partial charge in [0.2, 0.25) is 16.9 Å². The highest BCUT2D eigenvalue weighted by Crippen LogP contribution is 2.44. The van der Waals surface area contributed by atoms with Gasteiger partial charge in [0.25, 0.3) is 0 Å². The first-order valence-corrected chi connectivity index (χ1v) is 9.78. The van der Waals surface area contributed by atoms with E-state index < -0.39 is 11.2 Å². The lowest BCUT2D eigenvalue weighted by atomic mass is 9.98. The minimum atomic E-state index is -0.710. The molecular formula is C23H26O8. The second-order valence-corrected chi connectivity index (χ2v) is 7.30. The predicted octanol–water partition coefficient (Wildman–Crippen LogP) is 3.46. The number of aryl methyl sites for hydroxylation is 1. The summed E-state index contributed by atoms with van der Waals surface area (Å²) in [5, 5.41) is 30.1. The first-order chi connectivity index (χ1) is 14.9. The quantitative estimate of drug-likeness (QED) is 0.497. The molecule has 2 aromatic carbocycles. The topological polar surface area (TPSA) is 119 Å². The van der Waals surface area contributed by atoms with E-state index in [1.165, 1.54) is 20.3 Å². The second-order valence-electron chi connectivity index (χ2n) is 7.30. The summed E-state index contributed by atoms with van der Waals surface area (Å²) in [6.45, 7) is 2.02. The van der Waals surface area contributed by atoms with Crippen molar-refractivity contribution in [2.75, 3.05) is 27.9 Å². The van der Waals surface area contributed by atoms with Crippen molar-refractivity contribution in [1.82, 2.24) is 0 Å². The highest BCUT2D eigenvalue weighted by Gasteiger charge is 2.24. The third-order valence-electron chi connectivity index (χ3n) is 5.22. The Balaban J connectivity index is 2.19. The van der Waals surface area contributed by atoms with Crippen molar-refractivity contribution < 1.29 is 33.9 Å². The van der Waals surface area contributed by atoms with Gasteiger partial charge < -0.3 is 33.9 Å². The summed E-state index contributed by atoms with van der Waals surface area (Å²) in [6, 6.07) is 6.41. The molecule has 1 atom stereocenters. The molecule has 166 valence electrons. The monoisotopic (exact) mass is 430 g/mol. The van der Waals surface area contributed by atoms with Gasteiger partial charge in [-0.25, -0.2) is 0 Å². The fourth-order valence-electron chi connectivity index (χ4n) is 3.48. The number of aliphatic hydroxyl groups is 1. The van der Waals surface area contributed by atoms with E-state index in [0.29, 0.717) is 17.7 Å². The van der Waals surface area contributed by atoms with Gasteiger partial charge in [0.1, 0.15) is 16.7 Å². The van der Waals surface area contributed by atoms with Crippen LogP contribution < -0.4 is 19.6 Å². The number of aliphatic hydroxyl groups excluding tert-OH is 1. The molecule has 31 heavy (non-hydrogen) atoms. The molecule has 1 heterocycles. The molecule has 8 heteroatoms. The molecule has 0 aliphatic carbocycles. The Labute approximate surface area is 179 Å². The van der Waals surface area contributed by atoms with Gasteiger partial charge in [-0.15, -0.1) is 0 Å². The van der Waals surface area contributed by atoms with Crippen LogP contribution in [0, 0.1) is 5.92 Å². The third kappa shape index (κ3) is 4.11. The summed E-state index contributed by atoms with van der Waals surface area (Å²) in [4.78, 5) is 13.0. The second kappa shape index (κ2) is 9.18. The molecule has 0 saturated carbocycles. The largest absolute Gasteiger partial charge is 0.504 e. The van der Waals surface area contributed by atoms with Crippen LogP contribution in [-0.2, 0) is 6.42 Å². The van der Waals surface area contributed by atoms with E-state index in [4.69, 9.17) is 18.6 Å². The van der Waals surface area contributed by atoms with E-state index in [2.05, 4.69) is 0 Å². The van der Waals surface area contributed by atoms with Crippen LogP contribution in [0.1, 0.15) is 18.9 Å². The number of fused-ring (bicyclic) bond motifs is 1. The number of methoxy groups -OCH3 is 3. The van der Waals surface area contributed by atoms with Crippen LogP contribution in [-0.4, -0.2) is 43.3 Å². The van der Waals surface area contributed by atoms with E-state index in [1.807, 2.05) is 6.92 Å². The molecule has 0 spiro atoms. The fourth-order valence-corrected chi connectivity index (χ4v) is 3.48. The predicted molar refractivity (Wildman–Crippen MR) is 115 cm³/mol. The molecule has 3 N–H and O–H groups in total. The molecule has 3 rings (SSSR count). The molecule has 8 nitrogen and oxygen atoms in total. The van der Waals surface area contributed by atoms with Gasteiger partial charge in [0, 0.05) is 18.2 Å². The van der Waals surface area contributed by atoms with Crippen molar-refractivity contribution in [3.05, 3.63) is 40.1 Å². The molecule has 0 amide bonds. The molecule has 0 saturated heterocycles. The van der Waals surface area contributed by atoms with E-state index in [0.717, 1.165) is 12.0 Å². The highest BCUT2D eigenvalue weighted by molar-refractivity contribution is 5.91. The summed E-state index contributed by atoms with van der Waals surface area (Å²) < 4.78 is 21.6. The van der Waals surface area contributed by atoms with E-state index in [9.17, 15) is 20.1 Å². The van der Waals surface area contributed by atoms with E-state index in [-0.39, 0.29) is 46.5 Å². The summed E-state index contributed by atoms with van der Waals surface area (Å²) in [7, 11) is 4.21. The zero-order chi connectivity index (χ0) is 22.7. The molecular weight excluding hydrogens is 404 g/mol. The zero-order valence-electron chi connectivity index (χ0n) is 17.9. The number of benzene rings is 2. The molecule has 1 aromatic heterocycles. The van der Waals surface area contributed by atoms with Gasteiger partial charge in [-0.2, -0.15) is 0 Å². The molecule has 0 bridgehead atoms. The van der Waals surface area contributed by atoms with Crippen LogP contribution in [0.4, 0.5) is 0 Å². The molecule has 0 radical (unpaired) electrons. The lowest BCUT2D eigenvalue weighted by molar-refractivity contribution is 0.230. The molecule has 0 fully saturated rings. The Bertz CT molecular complexity index is 1150. The minimum Gasteiger partial charge on any atom is -0.504 e. The van der Waals surface area contributed by atoms with Gasteiger partial charge >= 0.3 is 0 Å². The van der Waals surface area contributed by atoms with Crippen molar-refractivity contribution in [3.63, 3.8) is 0 Å². The van der Waals surface area contributed by atoms with Crippen LogP contribution >= 0.6 is 0 Å². The van der Waals surface area contributed by atoms with Crippen molar-refractivity contribution in [1.29, 1.82) is 0 Å². The smallest absolute Gasteiger partial charge is 0.238 e. The lowest BCUT2D eigenvalue weighted by Crippen LogP contribution is -2.06. The van der Waals surface area contributed by atoms with Crippen molar-refractivity contribution in [2.24, 2.45) is 5.92 Å². The average molecular weight is 430 g/mol. The number of rotatable bonds is 8. The minimum absolute atomic E-state index is 0.0264. The van der Waals surface area contributed by atoms with Crippen LogP contribution in [0.3, 0.4) is 0 Å². The Kier molecular flexibility index (Phi) is 6.60. The number of aromatic hydroxyl groups is 2. The lowest BCUT2D eigenvalue weighted by Gasteiger charge is -2.15. The zero-order valence-corrected chi connectivity index (χ0v) is 17.9. The SMILES string of the molecule is COc1ccc(-c2oc3cc(O)c(OC)c(OC)c3c(=O)c2O)cc1CC[C@H](C)CO. The first kappa shape index (κ1) is 22.3. The van der Waals surface area contributed by atoms with E-state index in [1.54, 1.807) is 25.3 Å². The molecule has 0 aliphatic rings. The van der Waals surface area contributed by atoms with Gasteiger partial charge in [0.05, 0.1) is 21.3 Å². The number of hydrogen-bond acceptors (Lipinski definition) is 8. The number of hydrogen-bond donors (Lipinski definition) is 3.